The number of nitrogens with one attached hydrogen (secondary N) is 1. The summed E-state index contributed by atoms with van der Waals surface area (Å²) in [4.78, 5) is 15.4. The van der Waals surface area contributed by atoms with E-state index in [1.807, 2.05) is 43.5 Å². The van der Waals surface area contributed by atoms with Crippen molar-refractivity contribution in [3.05, 3.63) is 75.5 Å². The molecular weight excluding hydrogens is 436 g/mol. The molecule has 0 saturated heterocycles. The Kier molecular flexibility index (Phi) is 7.02. The number of hydrogen-bond acceptors (Lipinski definition) is 5. The first-order chi connectivity index (χ1) is 14.2. The zero-order valence-electron chi connectivity index (χ0n) is 17.3. The molecule has 1 N–H and O–H groups in total. The van der Waals surface area contributed by atoms with Gasteiger partial charge in [-0.15, -0.1) is 23.1 Å². The van der Waals surface area contributed by atoms with Crippen molar-refractivity contribution in [2.75, 3.05) is 19.4 Å². The van der Waals surface area contributed by atoms with Crippen LogP contribution < -0.4 is 5.32 Å². The number of carbonyl (C=O) groups is 1. The zero-order chi connectivity index (χ0) is 21.9. The van der Waals surface area contributed by atoms with Gasteiger partial charge in [0.05, 0.1) is 10.5 Å². The van der Waals surface area contributed by atoms with Crippen molar-refractivity contribution in [3.63, 3.8) is 0 Å². The summed E-state index contributed by atoms with van der Waals surface area (Å²) in [6.45, 7) is 3.71. The van der Waals surface area contributed by atoms with Gasteiger partial charge in [0.25, 0.3) is 5.91 Å². The summed E-state index contributed by atoms with van der Waals surface area (Å²) in [5, 5.41) is 4.96. The summed E-state index contributed by atoms with van der Waals surface area (Å²) >= 11 is 3.30. The number of aryl methyl sites for hydroxylation is 1. The Hall–Kier alpha value is -2.13. The molecule has 0 unspecified atom stereocenters. The minimum Gasteiger partial charge on any atom is -0.322 e. The van der Waals surface area contributed by atoms with Gasteiger partial charge in [0.15, 0.2) is 0 Å². The van der Waals surface area contributed by atoms with Gasteiger partial charge in [-0.1, -0.05) is 18.2 Å². The molecule has 158 valence electrons. The Bertz CT molecular complexity index is 1150. The number of thiophene rings is 1. The van der Waals surface area contributed by atoms with Crippen LogP contribution in [0.1, 0.15) is 26.4 Å². The van der Waals surface area contributed by atoms with Gasteiger partial charge in [-0.05, 0) is 60.7 Å². The zero-order valence-corrected chi connectivity index (χ0v) is 19.7. The molecule has 0 spiro atoms. The molecule has 0 radical (unpaired) electrons. The maximum atomic E-state index is 13.1. The number of rotatable bonds is 7. The molecule has 2 aromatic carbocycles. The fourth-order valence-corrected chi connectivity index (χ4v) is 5.67. The summed E-state index contributed by atoms with van der Waals surface area (Å²) in [5.41, 5.74) is 2.70. The molecule has 0 aliphatic carbocycles. The molecule has 0 atom stereocenters. The van der Waals surface area contributed by atoms with Crippen LogP contribution in [0.2, 0.25) is 0 Å². The topological polar surface area (TPSA) is 66.5 Å². The van der Waals surface area contributed by atoms with Gasteiger partial charge in [0.1, 0.15) is 0 Å². The van der Waals surface area contributed by atoms with E-state index in [9.17, 15) is 13.2 Å². The third-order valence-corrected chi connectivity index (χ3v) is 8.72. The van der Waals surface area contributed by atoms with Crippen molar-refractivity contribution >= 4 is 44.7 Å². The molecule has 5 nitrogen and oxygen atoms in total. The minimum atomic E-state index is -3.60. The van der Waals surface area contributed by atoms with Gasteiger partial charge in [-0.3, -0.25) is 4.79 Å². The van der Waals surface area contributed by atoms with E-state index in [0.717, 1.165) is 21.8 Å². The Labute approximate surface area is 186 Å². The van der Waals surface area contributed by atoms with Gasteiger partial charge in [0, 0.05) is 35.3 Å². The fourth-order valence-electron chi connectivity index (χ4n) is 2.83. The van der Waals surface area contributed by atoms with Crippen molar-refractivity contribution in [3.8, 4) is 0 Å². The van der Waals surface area contributed by atoms with Crippen molar-refractivity contribution in [1.82, 2.24) is 4.31 Å². The lowest BCUT2D eigenvalue weighted by Crippen LogP contribution is -2.23. The maximum Gasteiger partial charge on any atom is 0.256 e. The quantitative estimate of drug-likeness (QED) is 0.495. The van der Waals surface area contributed by atoms with E-state index in [1.165, 1.54) is 29.3 Å². The highest BCUT2D eigenvalue weighted by Crippen LogP contribution is 2.30. The normalized spacial score (nSPS) is 11.6. The van der Waals surface area contributed by atoms with E-state index < -0.39 is 10.0 Å². The molecule has 1 aromatic heterocycles. The average Bonchev–Trinajstić information content (AvgIpc) is 3.23. The van der Waals surface area contributed by atoms with Gasteiger partial charge in [-0.25, -0.2) is 12.7 Å². The molecular formula is C22H24N2O3S3. The van der Waals surface area contributed by atoms with Gasteiger partial charge in [0.2, 0.25) is 10.0 Å². The minimum absolute atomic E-state index is 0.159. The van der Waals surface area contributed by atoms with Crippen molar-refractivity contribution in [1.29, 1.82) is 0 Å². The number of thioether (sulfide) groups is 1. The van der Waals surface area contributed by atoms with E-state index in [-0.39, 0.29) is 10.8 Å². The van der Waals surface area contributed by atoms with E-state index in [1.54, 1.807) is 35.2 Å². The lowest BCUT2D eigenvalue weighted by Gasteiger charge is -2.17. The first-order valence-corrected chi connectivity index (χ1v) is 12.6. The second kappa shape index (κ2) is 9.34. The number of nitrogens with zero attached hydrogens (tertiary/aromatic N) is 1. The number of anilines is 1. The van der Waals surface area contributed by atoms with Gasteiger partial charge < -0.3 is 5.32 Å². The van der Waals surface area contributed by atoms with Crippen LogP contribution in [0.5, 0.6) is 0 Å². The summed E-state index contributed by atoms with van der Waals surface area (Å²) in [5.74, 6) is 0.530. The van der Waals surface area contributed by atoms with Crippen LogP contribution in [0.3, 0.4) is 0 Å². The van der Waals surface area contributed by atoms with Crippen LogP contribution in [0, 0.1) is 13.8 Å². The third-order valence-electron chi connectivity index (χ3n) is 4.75. The van der Waals surface area contributed by atoms with Crippen molar-refractivity contribution in [2.45, 2.75) is 29.4 Å². The highest BCUT2D eigenvalue weighted by Gasteiger charge is 2.21. The summed E-state index contributed by atoms with van der Waals surface area (Å²) in [6, 6.07) is 14.7. The monoisotopic (exact) mass is 460 g/mol. The fraction of sp³-hybridized carbons (Fsp3) is 0.227. The Balaban J connectivity index is 1.89. The first-order valence-electron chi connectivity index (χ1n) is 9.29. The second-order valence-electron chi connectivity index (χ2n) is 7.02. The van der Waals surface area contributed by atoms with E-state index >= 15 is 0 Å². The summed E-state index contributed by atoms with van der Waals surface area (Å²) in [7, 11) is -0.622. The van der Waals surface area contributed by atoms with Crippen LogP contribution in [-0.4, -0.2) is 32.7 Å². The Morgan fingerprint density at radius 1 is 1.10 bits per heavy atom. The lowest BCUT2D eigenvalue weighted by atomic mass is 10.1. The Morgan fingerprint density at radius 2 is 1.83 bits per heavy atom. The van der Waals surface area contributed by atoms with E-state index in [2.05, 4.69) is 11.4 Å². The highest BCUT2D eigenvalue weighted by molar-refractivity contribution is 7.98. The predicted molar refractivity (Wildman–Crippen MR) is 125 cm³/mol. The number of sulfonamides is 1. The lowest BCUT2D eigenvalue weighted by molar-refractivity contribution is 0.102. The molecule has 0 fully saturated rings. The standard InChI is InChI=1S/C22H24N2O3S3/c1-15-12-18(30(26,27)24(3)4)13-20(16(15)2)23-22(25)19-9-5-6-10-21(19)29-14-17-8-7-11-28-17/h5-13H,14H2,1-4H3,(H,23,25). The summed E-state index contributed by atoms with van der Waals surface area (Å²) in [6.07, 6.45) is 0. The maximum absolute atomic E-state index is 13.1. The van der Waals surface area contributed by atoms with E-state index in [4.69, 9.17) is 0 Å². The SMILES string of the molecule is Cc1cc(S(=O)(=O)N(C)C)cc(NC(=O)c2ccccc2SCc2cccs2)c1C. The predicted octanol–water partition coefficient (Wildman–Crippen LogP) is 5.16. The second-order valence-corrected chi connectivity index (χ2v) is 11.2. The Morgan fingerprint density at radius 3 is 2.50 bits per heavy atom. The smallest absolute Gasteiger partial charge is 0.256 e. The number of amides is 1. The van der Waals surface area contributed by atoms with Crippen molar-refractivity contribution < 1.29 is 13.2 Å². The molecule has 0 saturated carbocycles. The molecule has 1 amide bonds. The first kappa shape index (κ1) is 22.6. The number of carbonyl (C=O) groups excluding carboxylic acids is 1. The van der Waals surface area contributed by atoms with Crippen LogP contribution in [0.4, 0.5) is 5.69 Å². The molecule has 30 heavy (non-hydrogen) atoms. The highest BCUT2D eigenvalue weighted by atomic mass is 32.2. The molecule has 0 bridgehead atoms. The average molecular weight is 461 g/mol. The van der Waals surface area contributed by atoms with Gasteiger partial charge in [-0.2, -0.15) is 0 Å². The van der Waals surface area contributed by atoms with Crippen LogP contribution >= 0.6 is 23.1 Å². The molecule has 3 aromatic rings. The molecule has 0 aliphatic heterocycles. The summed E-state index contributed by atoms with van der Waals surface area (Å²) < 4.78 is 26.3. The van der Waals surface area contributed by atoms with E-state index in [0.29, 0.717) is 11.3 Å². The molecule has 8 heteroatoms. The van der Waals surface area contributed by atoms with Crippen LogP contribution in [0.25, 0.3) is 0 Å². The van der Waals surface area contributed by atoms with Crippen LogP contribution in [-0.2, 0) is 15.8 Å². The molecule has 1 heterocycles. The van der Waals surface area contributed by atoms with Gasteiger partial charge >= 0.3 is 0 Å². The van der Waals surface area contributed by atoms with Crippen LogP contribution in [0.15, 0.2) is 63.7 Å². The third kappa shape index (κ3) is 4.95. The number of benzene rings is 2. The molecule has 0 aliphatic rings. The molecule has 3 rings (SSSR count). The largest absolute Gasteiger partial charge is 0.322 e. The van der Waals surface area contributed by atoms with Crippen molar-refractivity contribution in [2.24, 2.45) is 0 Å². The number of hydrogen-bond donors (Lipinski definition) is 1.